The third kappa shape index (κ3) is 5.10. The molecule has 1 aliphatic heterocycles. The number of hydrogen-bond donors (Lipinski definition) is 2. The van der Waals surface area contributed by atoms with E-state index in [0.29, 0.717) is 5.56 Å². The zero-order valence-corrected chi connectivity index (χ0v) is 20.3. The summed E-state index contributed by atoms with van der Waals surface area (Å²) in [4.78, 5) is 19.3. The number of benzene rings is 2. The van der Waals surface area contributed by atoms with Gasteiger partial charge in [-0.05, 0) is 85.7 Å². The van der Waals surface area contributed by atoms with Crippen molar-refractivity contribution < 1.29 is 14.6 Å². The number of fused-ring (bicyclic) bond motifs is 2. The summed E-state index contributed by atoms with van der Waals surface area (Å²) in [5, 5.41) is 21.9. The minimum Gasteiger partial charge on any atom is -0.494 e. The van der Waals surface area contributed by atoms with Crippen LogP contribution in [-0.2, 0) is 16.0 Å². The first-order chi connectivity index (χ1) is 17.2. The van der Waals surface area contributed by atoms with Crippen LogP contribution in [0.4, 0.5) is 5.69 Å². The molecule has 0 aliphatic carbocycles. The second-order valence-electron chi connectivity index (χ2n) is 9.65. The van der Waals surface area contributed by atoms with Gasteiger partial charge in [-0.3, -0.25) is 9.78 Å². The summed E-state index contributed by atoms with van der Waals surface area (Å²) in [5.41, 5.74) is 4.29. The molecule has 7 nitrogen and oxygen atoms in total. The van der Waals surface area contributed by atoms with Gasteiger partial charge in [0.1, 0.15) is 5.60 Å². The van der Waals surface area contributed by atoms with Crippen molar-refractivity contribution >= 4 is 40.4 Å². The number of carbonyl (C=O) groups excluding carboxylic acids is 1. The second kappa shape index (κ2) is 9.26. The summed E-state index contributed by atoms with van der Waals surface area (Å²) in [6.07, 6.45) is 9.46. The number of nitrogens with one attached hydrogen (secondary N) is 1. The third-order valence-corrected chi connectivity index (χ3v) is 5.66. The number of H-pyrrole nitrogens is 1. The molecule has 2 aromatic carbocycles. The molecule has 0 atom stereocenters. The molecule has 2 N–H and O–H groups in total. The Labute approximate surface area is 208 Å². The maximum absolute atomic E-state index is 12.3. The van der Waals surface area contributed by atoms with Gasteiger partial charge < -0.3 is 14.8 Å². The lowest BCUT2D eigenvalue weighted by molar-refractivity contribution is -0.153. The molecule has 0 spiro atoms. The lowest BCUT2D eigenvalue weighted by Gasteiger charge is -2.19. The minimum absolute atomic E-state index is 0.0640. The Bertz CT molecular complexity index is 1640. The van der Waals surface area contributed by atoms with Crippen molar-refractivity contribution in [2.45, 2.75) is 32.8 Å². The van der Waals surface area contributed by atoms with Crippen molar-refractivity contribution in [3.8, 4) is 5.88 Å². The van der Waals surface area contributed by atoms with Crippen LogP contribution in [0.1, 0.15) is 37.5 Å². The molecule has 0 bridgehead atoms. The Morgan fingerprint density at radius 2 is 1.83 bits per heavy atom. The molecule has 4 aromatic rings. The number of aromatic nitrogens is 2. The molecule has 3 heterocycles. The van der Waals surface area contributed by atoms with Gasteiger partial charge in [-0.25, -0.2) is 0 Å². The van der Waals surface area contributed by atoms with E-state index in [4.69, 9.17) is 4.74 Å². The predicted molar refractivity (Wildman–Crippen MR) is 140 cm³/mol. The maximum Gasteiger partial charge on any atom is 0.310 e. The van der Waals surface area contributed by atoms with E-state index in [9.17, 15) is 9.90 Å². The first-order valence-electron chi connectivity index (χ1n) is 11.7. The molecule has 180 valence electrons. The van der Waals surface area contributed by atoms with Gasteiger partial charge >= 0.3 is 5.97 Å². The molecule has 0 saturated carbocycles. The molecule has 0 radical (unpaired) electrons. The lowest BCUT2D eigenvalue weighted by atomic mass is 10.1. The summed E-state index contributed by atoms with van der Waals surface area (Å²) in [6, 6.07) is 15.4. The van der Waals surface area contributed by atoms with Crippen LogP contribution in [0.15, 0.2) is 77.2 Å². The largest absolute Gasteiger partial charge is 0.494 e. The molecule has 5 rings (SSSR count). The molecule has 0 saturated heterocycles. The van der Waals surface area contributed by atoms with E-state index in [2.05, 4.69) is 20.2 Å². The smallest absolute Gasteiger partial charge is 0.310 e. The number of carbonyl (C=O) groups is 1. The van der Waals surface area contributed by atoms with Gasteiger partial charge in [0.15, 0.2) is 5.88 Å². The normalized spacial score (nSPS) is 13.6. The number of esters is 1. The molecule has 0 fully saturated rings. The van der Waals surface area contributed by atoms with Crippen LogP contribution < -0.4 is 10.4 Å². The van der Waals surface area contributed by atoms with Gasteiger partial charge in [-0.1, -0.05) is 18.2 Å². The van der Waals surface area contributed by atoms with E-state index in [1.165, 1.54) is 0 Å². The van der Waals surface area contributed by atoms with Crippen LogP contribution in [0.5, 0.6) is 5.88 Å². The predicted octanol–water partition coefficient (Wildman–Crippen LogP) is 4.90. The molecule has 36 heavy (non-hydrogen) atoms. The number of azo groups is 1. The Hall–Kier alpha value is -4.52. The number of pyridine rings is 1. The van der Waals surface area contributed by atoms with Gasteiger partial charge in [-0.15, -0.1) is 10.2 Å². The summed E-state index contributed by atoms with van der Waals surface area (Å²) in [5.74, 6) is -0.227. The first kappa shape index (κ1) is 23.2. The molecule has 1 aliphatic rings. The van der Waals surface area contributed by atoms with Crippen LogP contribution >= 0.6 is 0 Å². The molecular weight excluding hydrogens is 452 g/mol. The maximum atomic E-state index is 12.3. The SMILES string of the molecule is CC(C)(C)OC(=O)Cc1ccc2[nH]c(O)c(/C=c3\ccc4c(c3)N=NC=4/C=C/c3ccncc3)c2c1. The van der Waals surface area contributed by atoms with E-state index in [1.54, 1.807) is 12.4 Å². The number of hydrogen-bond acceptors (Lipinski definition) is 6. The van der Waals surface area contributed by atoms with Crippen LogP contribution in [0.3, 0.4) is 0 Å². The molecule has 0 amide bonds. The monoisotopic (exact) mass is 478 g/mol. The van der Waals surface area contributed by atoms with Crippen molar-refractivity contribution in [2.24, 2.45) is 10.2 Å². The van der Waals surface area contributed by atoms with Gasteiger partial charge in [0.05, 0.1) is 17.8 Å². The van der Waals surface area contributed by atoms with E-state index in [0.717, 1.165) is 43.9 Å². The minimum atomic E-state index is -0.538. The van der Waals surface area contributed by atoms with E-state index in [-0.39, 0.29) is 18.3 Å². The highest BCUT2D eigenvalue weighted by Crippen LogP contribution is 2.29. The van der Waals surface area contributed by atoms with Crippen molar-refractivity contribution in [2.75, 3.05) is 0 Å². The number of nitrogens with zero attached hydrogens (tertiary/aromatic N) is 3. The average molecular weight is 479 g/mol. The molecule has 7 heteroatoms. The van der Waals surface area contributed by atoms with Crippen molar-refractivity contribution in [1.82, 2.24) is 9.97 Å². The van der Waals surface area contributed by atoms with Gasteiger partial charge in [0.2, 0.25) is 0 Å². The highest BCUT2D eigenvalue weighted by Gasteiger charge is 2.17. The highest BCUT2D eigenvalue weighted by molar-refractivity contribution is 5.93. The van der Waals surface area contributed by atoms with E-state index < -0.39 is 5.60 Å². The third-order valence-electron chi connectivity index (χ3n) is 5.66. The molecule has 2 aromatic heterocycles. The number of ether oxygens (including phenoxy) is 1. The Morgan fingerprint density at radius 1 is 1.03 bits per heavy atom. The van der Waals surface area contributed by atoms with Crippen LogP contribution in [-0.4, -0.2) is 26.6 Å². The Kier molecular flexibility index (Phi) is 5.98. The summed E-state index contributed by atoms with van der Waals surface area (Å²) in [7, 11) is 0. The first-order valence-corrected chi connectivity index (χ1v) is 11.7. The zero-order chi connectivity index (χ0) is 25.3. The average Bonchev–Trinajstić information content (AvgIpc) is 3.37. The number of aromatic amines is 1. The number of aromatic hydroxyl groups is 1. The fourth-order valence-electron chi connectivity index (χ4n) is 4.08. The fraction of sp³-hybridized carbons (Fsp3) is 0.172. The lowest BCUT2D eigenvalue weighted by Crippen LogP contribution is -2.24. The van der Waals surface area contributed by atoms with Crippen LogP contribution in [0.25, 0.3) is 28.8 Å². The van der Waals surface area contributed by atoms with Crippen LogP contribution in [0.2, 0.25) is 0 Å². The summed E-state index contributed by atoms with van der Waals surface area (Å²) < 4.78 is 5.45. The highest BCUT2D eigenvalue weighted by atomic mass is 16.6. The zero-order valence-electron chi connectivity index (χ0n) is 20.3. The van der Waals surface area contributed by atoms with Gasteiger partial charge in [0, 0.05) is 34.1 Å². The molecular formula is C29H26N4O3. The van der Waals surface area contributed by atoms with Crippen molar-refractivity contribution in [3.63, 3.8) is 0 Å². The topological polar surface area (TPSA) is 99.9 Å². The van der Waals surface area contributed by atoms with Crippen molar-refractivity contribution in [1.29, 1.82) is 0 Å². The van der Waals surface area contributed by atoms with E-state index >= 15 is 0 Å². The van der Waals surface area contributed by atoms with Gasteiger partial charge in [0.25, 0.3) is 0 Å². The number of rotatable bonds is 5. The fourth-order valence-corrected chi connectivity index (χ4v) is 4.08. The Balaban J connectivity index is 1.47. The molecule has 0 unspecified atom stereocenters. The van der Waals surface area contributed by atoms with E-state index in [1.807, 2.05) is 87.5 Å². The van der Waals surface area contributed by atoms with Crippen molar-refractivity contribution in [3.05, 3.63) is 94.1 Å². The second-order valence-corrected chi connectivity index (χ2v) is 9.65. The summed E-state index contributed by atoms with van der Waals surface area (Å²) in [6.45, 7) is 5.54. The van der Waals surface area contributed by atoms with Crippen LogP contribution in [0, 0.1) is 0 Å². The summed E-state index contributed by atoms with van der Waals surface area (Å²) >= 11 is 0. The van der Waals surface area contributed by atoms with Gasteiger partial charge in [-0.2, -0.15) is 0 Å². The Morgan fingerprint density at radius 3 is 2.61 bits per heavy atom. The quantitative estimate of drug-likeness (QED) is 0.399. The standard InChI is InChI=1S/C29H26N4O3/c1-29(2,3)36-27(34)17-20-6-8-24-22(14-20)23(28(35)31-24)15-19-4-7-21-25(32-33-26(21)16-19)9-5-18-10-12-30-13-11-18/h4-16,31,35H,17H2,1-3H3/b9-5+,19-15+.